The molecule has 2 aromatic rings. The molecule has 2 rings (SSSR count). The van der Waals surface area contributed by atoms with Crippen LogP contribution in [0.5, 0.6) is 0 Å². The highest BCUT2D eigenvalue weighted by Crippen LogP contribution is 2.17. The largest absolute Gasteiger partial charge is 0.337 e. The Morgan fingerprint density at radius 1 is 1.42 bits per heavy atom. The molecule has 0 radical (unpaired) electrons. The molecule has 98 valence electrons. The van der Waals surface area contributed by atoms with E-state index in [9.17, 15) is 9.18 Å². The first-order valence-corrected chi connectivity index (χ1v) is 6.46. The van der Waals surface area contributed by atoms with Gasteiger partial charge in [-0.15, -0.1) is 0 Å². The molecule has 0 aliphatic carbocycles. The molecule has 0 fully saturated rings. The summed E-state index contributed by atoms with van der Waals surface area (Å²) in [5.41, 5.74) is 0.963. The van der Waals surface area contributed by atoms with Gasteiger partial charge in [0.25, 0.3) is 5.91 Å². The molecule has 1 aromatic heterocycles. The van der Waals surface area contributed by atoms with E-state index in [1.165, 1.54) is 17.0 Å². The van der Waals surface area contributed by atoms with Crippen LogP contribution < -0.4 is 0 Å². The van der Waals surface area contributed by atoms with Gasteiger partial charge in [-0.3, -0.25) is 9.78 Å². The van der Waals surface area contributed by atoms with Crippen LogP contribution in [-0.2, 0) is 6.54 Å². The highest BCUT2D eigenvalue weighted by atomic mass is 79.9. The summed E-state index contributed by atoms with van der Waals surface area (Å²) >= 11 is 3.16. The van der Waals surface area contributed by atoms with E-state index < -0.39 is 5.82 Å². The first-order chi connectivity index (χ1) is 9.08. The van der Waals surface area contributed by atoms with Crippen molar-refractivity contribution in [2.24, 2.45) is 0 Å². The minimum Gasteiger partial charge on any atom is -0.337 e. The first-order valence-electron chi connectivity index (χ1n) is 5.67. The number of hydrogen-bond acceptors (Lipinski definition) is 2. The molecule has 1 aromatic carbocycles. The molecular weight excluding hydrogens is 311 g/mol. The fourth-order valence-corrected chi connectivity index (χ4v) is 2.04. The molecule has 0 unspecified atom stereocenters. The van der Waals surface area contributed by atoms with Crippen molar-refractivity contribution in [3.8, 4) is 0 Å². The Labute approximate surface area is 119 Å². The van der Waals surface area contributed by atoms with Crippen molar-refractivity contribution in [1.82, 2.24) is 9.88 Å². The molecule has 0 atom stereocenters. The van der Waals surface area contributed by atoms with Gasteiger partial charge in [-0.25, -0.2) is 4.39 Å². The maximum atomic E-state index is 13.7. The van der Waals surface area contributed by atoms with Crippen molar-refractivity contribution < 1.29 is 9.18 Å². The molecule has 0 aliphatic heterocycles. The molecule has 0 N–H and O–H groups in total. The molecule has 0 saturated carbocycles. The predicted octanol–water partition coefficient (Wildman–Crippen LogP) is 3.26. The van der Waals surface area contributed by atoms with Gasteiger partial charge in [0.2, 0.25) is 0 Å². The van der Waals surface area contributed by atoms with Gasteiger partial charge in [-0.2, -0.15) is 0 Å². The average Bonchev–Trinajstić information content (AvgIpc) is 2.39. The van der Waals surface area contributed by atoms with Crippen LogP contribution in [0, 0.1) is 5.82 Å². The zero-order valence-electron chi connectivity index (χ0n) is 10.3. The zero-order chi connectivity index (χ0) is 13.8. The molecule has 0 aliphatic rings. The van der Waals surface area contributed by atoms with Gasteiger partial charge in [0.15, 0.2) is 0 Å². The van der Waals surface area contributed by atoms with Crippen molar-refractivity contribution in [3.05, 3.63) is 64.1 Å². The lowest BCUT2D eigenvalue weighted by Gasteiger charge is -2.17. The zero-order valence-corrected chi connectivity index (χ0v) is 11.9. The number of nitrogens with zero attached hydrogens (tertiary/aromatic N) is 2. The van der Waals surface area contributed by atoms with Gasteiger partial charge in [0, 0.05) is 30.5 Å². The van der Waals surface area contributed by atoms with E-state index in [1.54, 1.807) is 31.6 Å². The van der Waals surface area contributed by atoms with E-state index in [2.05, 4.69) is 20.9 Å². The molecule has 1 heterocycles. The van der Waals surface area contributed by atoms with Gasteiger partial charge in [0.05, 0.1) is 5.56 Å². The van der Waals surface area contributed by atoms with E-state index in [4.69, 9.17) is 0 Å². The van der Waals surface area contributed by atoms with Crippen molar-refractivity contribution in [1.29, 1.82) is 0 Å². The first kappa shape index (κ1) is 13.7. The van der Waals surface area contributed by atoms with E-state index in [1.807, 2.05) is 6.07 Å². The van der Waals surface area contributed by atoms with Crippen LogP contribution in [0.3, 0.4) is 0 Å². The molecular formula is C14H12BrFN2O. The summed E-state index contributed by atoms with van der Waals surface area (Å²) in [6.45, 7) is 0.391. The Bertz CT molecular complexity index is 589. The van der Waals surface area contributed by atoms with Crippen molar-refractivity contribution in [3.63, 3.8) is 0 Å². The fourth-order valence-electron chi connectivity index (χ4n) is 1.71. The number of pyridine rings is 1. The fraction of sp³-hybridized carbons (Fsp3) is 0.143. The van der Waals surface area contributed by atoms with Gasteiger partial charge in [-0.05, 0) is 29.8 Å². The Morgan fingerprint density at radius 2 is 2.21 bits per heavy atom. The lowest BCUT2D eigenvalue weighted by molar-refractivity contribution is 0.0780. The number of hydrogen-bond donors (Lipinski definition) is 0. The number of benzene rings is 1. The van der Waals surface area contributed by atoms with Gasteiger partial charge in [-0.1, -0.05) is 22.0 Å². The predicted molar refractivity (Wildman–Crippen MR) is 74.1 cm³/mol. The van der Waals surface area contributed by atoms with Crippen LogP contribution >= 0.6 is 15.9 Å². The minimum atomic E-state index is -0.530. The van der Waals surface area contributed by atoms with E-state index in [-0.39, 0.29) is 11.5 Å². The molecule has 0 saturated heterocycles. The molecule has 5 heteroatoms. The lowest BCUT2D eigenvalue weighted by Crippen LogP contribution is -2.27. The monoisotopic (exact) mass is 322 g/mol. The van der Waals surface area contributed by atoms with E-state index in [0.29, 0.717) is 11.0 Å². The normalized spacial score (nSPS) is 10.3. The standard InChI is InChI=1S/C14H12BrFN2O/c1-18(9-10-3-2-6-17-8-10)14(19)12-5-4-11(15)7-13(12)16/h2-8H,9H2,1H3. The van der Waals surface area contributed by atoms with E-state index in [0.717, 1.165) is 5.56 Å². The number of amides is 1. The molecule has 0 bridgehead atoms. The van der Waals surface area contributed by atoms with Crippen LogP contribution in [0.15, 0.2) is 47.2 Å². The third-order valence-electron chi connectivity index (χ3n) is 2.65. The van der Waals surface area contributed by atoms with Gasteiger partial charge >= 0.3 is 0 Å². The summed E-state index contributed by atoms with van der Waals surface area (Å²) in [5.74, 6) is -0.883. The lowest BCUT2D eigenvalue weighted by atomic mass is 10.2. The summed E-state index contributed by atoms with van der Waals surface area (Å²) in [7, 11) is 1.64. The smallest absolute Gasteiger partial charge is 0.256 e. The minimum absolute atomic E-state index is 0.0644. The maximum Gasteiger partial charge on any atom is 0.256 e. The quantitative estimate of drug-likeness (QED) is 0.869. The SMILES string of the molecule is CN(Cc1cccnc1)C(=O)c1ccc(Br)cc1F. The number of halogens is 2. The average molecular weight is 323 g/mol. The second-order valence-electron chi connectivity index (χ2n) is 4.15. The second kappa shape index (κ2) is 5.93. The van der Waals surface area contributed by atoms with Crippen LogP contribution in [0.2, 0.25) is 0 Å². The summed E-state index contributed by atoms with van der Waals surface area (Å²) in [6, 6.07) is 8.07. The molecule has 0 spiro atoms. The van der Waals surface area contributed by atoms with Crippen LogP contribution in [-0.4, -0.2) is 22.8 Å². The molecule has 3 nitrogen and oxygen atoms in total. The molecule has 1 amide bonds. The van der Waals surface area contributed by atoms with Crippen molar-refractivity contribution in [2.45, 2.75) is 6.54 Å². The number of carbonyl (C=O) groups is 1. The van der Waals surface area contributed by atoms with Crippen LogP contribution in [0.1, 0.15) is 15.9 Å². The summed E-state index contributed by atoms with van der Waals surface area (Å²) < 4.78 is 14.3. The van der Waals surface area contributed by atoms with Crippen LogP contribution in [0.25, 0.3) is 0 Å². The summed E-state index contributed by atoms with van der Waals surface area (Å²) in [5, 5.41) is 0. The number of carbonyl (C=O) groups excluding carboxylic acids is 1. The Morgan fingerprint density at radius 3 is 2.84 bits per heavy atom. The number of rotatable bonds is 3. The van der Waals surface area contributed by atoms with E-state index >= 15 is 0 Å². The van der Waals surface area contributed by atoms with Crippen molar-refractivity contribution >= 4 is 21.8 Å². The van der Waals surface area contributed by atoms with Gasteiger partial charge < -0.3 is 4.90 Å². The number of aromatic nitrogens is 1. The molecule has 19 heavy (non-hydrogen) atoms. The Balaban J connectivity index is 2.15. The highest BCUT2D eigenvalue weighted by molar-refractivity contribution is 9.10. The second-order valence-corrected chi connectivity index (χ2v) is 5.06. The Hall–Kier alpha value is -1.75. The summed E-state index contributed by atoms with van der Waals surface area (Å²) in [4.78, 5) is 17.6. The third-order valence-corrected chi connectivity index (χ3v) is 3.14. The highest BCUT2D eigenvalue weighted by Gasteiger charge is 2.16. The topological polar surface area (TPSA) is 33.2 Å². The van der Waals surface area contributed by atoms with Crippen LogP contribution in [0.4, 0.5) is 4.39 Å². The van der Waals surface area contributed by atoms with Crippen molar-refractivity contribution in [2.75, 3.05) is 7.05 Å². The third kappa shape index (κ3) is 3.38. The van der Waals surface area contributed by atoms with Gasteiger partial charge in [0.1, 0.15) is 5.82 Å². The summed E-state index contributed by atoms with van der Waals surface area (Å²) in [6.07, 6.45) is 3.35. The Kier molecular flexibility index (Phi) is 4.27. The maximum absolute atomic E-state index is 13.7.